The van der Waals surface area contributed by atoms with Crippen molar-refractivity contribution in [2.24, 2.45) is 0 Å². The lowest BCUT2D eigenvalue weighted by atomic mass is 10.2. The van der Waals surface area contributed by atoms with Crippen LogP contribution in [0.5, 0.6) is 0 Å². The van der Waals surface area contributed by atoms with Crippen molar-refractivity contribution in [3.8, 4) is 0 Å². The highest BCUT2D eigenvalue weighted by Gasteiger charge is 2.26. The zero-order valence-corrected chi connectivity index (χ0v) is 14.0. The number of hydrogen-bond donors (Lipinski definition) is 0. The summed E-state index contributed by atoms with van der Waals surface area (Å²) in [6.45, 7) is 3.38. The van der Waals surface area contributed by atoms with Crippen molar-refractivity contribution in [2.75, 3.05) is 38.1 Å². The normalized spacial score (nSPS) is 14.9. The number of anilines is 2. The molecule has 0 atom stereocenters. The van der Waals surface area contributed by atoms with Gasteiger partial charge in [-0.2, -0.15) is 0 Å². The van der Waals surface area contributed by atoms with E-state index in [-0.39, 0.29) is 18.4 Å². The van der Waals surface area contributed by atoms with E-state index in [1.54, 1.807) is 4.90 Å². The van der Waals surface area contributed by atoms with Crippen LogP contribution < -0.4 is 17.3 Å². The maximum absolute atomic E-state index is 13.0. The fraction of sp³-hybridized carbons (Fsp3) is 0.278. The maximum Gasteiger partial charge on any atom is 0.329 e. The lowest BCUT2D eigenvalue weighted by Crippen LogP contribution is -3.00. The van der Waals surface area contributed by atoms with Gasteiger partial charge in [-0.05, 0) is 31.3 Å². The predicted molar refractivity (Wildman–Crippen MR) is 89.5 cm³/mol. The second kappa shape index (κ2) is 7.99. The van der Waals surface area contributed by atoms with Crippen LogP contribution in [0.4, 0.5) is 16.2 Å². The van der Waals surface area contributed by atoms with Gasteiger partial charge in [-0.3, -0.25) is 4.90 Å². The first kappa shape index (κ1) is 17.3. The van der Waals surface area contributed by atoms with Crippen molar-refractivity contribution >= 4 is 17.4 Å². The van der Waals surface area contributed by atoms with Crippen LogP contribution in [0.15, 0.2) is 60.7 Å². The van der Waals surface area contributed by atoms with Crippen LogP contribution in [0.3, 0.4) is 0 Å². The van der Waals surface area contributed by atoms with Gasteiger partial charge in [-0.15, -0.1) is 0 Å². The molecule has 2 aromatic rings. The summed E-state index contributed by atoms with van der Waals surface area (Å²) in [4.78, 5) is 19.0. The van der Waals surface area contributed by atoms with Crippen molar-refractivity contribution < 1.29 is 17.2 Å². The summed E-state index contributed by atoms with van der Waals surface area (Å²) in [5.41, 5.74) is 1.80. The zero-order valence-electron chi connectivity index (χ0n) is 13.2. The number of para-hydroxylation sites is 2. The Morgan fingerprint density at radius 1 is 0.826 bits per heavy atom. The van der Waals surface area contributed by atoms with E-state index in [1.165, 1.54) is 0 Å². The first-order valence-corrected chi connectivity index (χ1v) is 7.63. The van der Waals surface area contributed by atoms with E-state index in [0.717, 1.165) is 37.6 Å². The molecular formula is C18H21ClN3O-. The largest absolute Gasteiger partial charge is 1.00 e. The molecule has 0 radical (unpaired) electrons. The Balaban J connectivity index is 0.00000192. The smallest absolute Gasteiger partial charge is 0.329 e. The highest BCUT2D eigenvalue weighted by molar-refractivity contribution is 5.99. The molecule has 23 heavy (non-hydrogen) atoms. The van der Waals surface area contributed by atoms with E-state index >= 15 is 0 Å². The van der Waals surface area contributed by atoms with Gasteiger partial charge in [0.2, 0.25) is 0 Å². The Bertz CT molecular complexity index is 573. The number of carbonyl (C=O) groups excluding carboxylic acids is 1. The van der Waals surface area contributed by atoms with Gasteiger partial charge < -0.3 is 22.2 Å². The van der Waals surface area contributed by atoms with Gasteiger partial charge in [-0.25, -0.2) is 4.79 Å². The van der Waals surface area contributed by atoms with Gasteiger partial charge in [0, 0.05) is 26.2 Å². The third kappa shape index (κ3) is 4.03. The molecule has 1 aliphatic rings. The number of amides is 2. The molecular weight excluding hydrogens is 310 g/mol. The third-order valence-corrected chi connectivity index (χ3v) is 3.99. The molecule has 0 aliphatic carbocycles. The van der Waals surface area contributed by atoms with Crippen LogP contribution in [-0.2, 0) is 0 Å². The molecule has 5 heteroatoms. The van der Waals surface area contributed by atoms with E-state index in [1.807, 2.05) is 65.6 Å². The fourth-order valence-corrected chi connectivity index (χ4v) is 2.66. The molecule has 1 heterocycles. The van der Waals surface area contributed by atoms with Gasteiger partial charge in [0.15, 0.2) is 0 Å². The summed E-state index contributed by atoms with van der Waals surface area (Å²) in [6, 6.07) is 19.7. The van der Waals surface area contributed by atoms with E-state index in [9.17, 15) is 4.79 Å². The molecule has 3 rings (SSSR count). The topological polar surface area (TPSA) is 26.8 Å². The Labute approximate surface area is 143 Å². The Kier molecular flexibility index (Phi) is 6.02. The minimum absolute atomic E-state index is 0. The van der Waals surface area contributed by atoms with Crippen molar-refractivity contribution in [2.45, 2.75) is 0 Å². The number of carbonyl (C=O) groups is 1. The Morgan fingerprint density at radius 3 is 1.70 bits per heavy atom. The summed E-state index contributed by atoms with van der Waals surface area (Å²) >= 11 is 0. The molecule has 0 saturated carbocycles. The van der Waals surface area contributed by atoms with Crippen LogP contribution >= 0.6 is 0 Å². The number of urea groups is 1. The first-order chi connectivity index (χ1) is 10.8. The molecule has 1 saturated heterocycles. The molecule has 0 aromatic heterocycles. The maximum atomic E-state index is 13.0. The van der Waals surface area contributed by atoms with E-state index in [2.05, 4.69) is 11.9 Å². The Hall–Kier alpha value is -2.04. The van der Waals surface area contributed by atoms with Crippen molar-refractivity contribution in [1.29, 1.82) is 0 Å². The standard InChI is InChI=1S/C18H21N3O.ClH/c1-19-12-14-20(15-13-19)18(22)21(16-8-4-2-5-9-16)17-10-6-3-7-11-17;/h2-11H,12-15H2,1H3;1H/p-1. The monoisotopic (exact) mass is 330 g/mol. The van der Waals surface area contributed by atoms with Crippen LogP contribution in [0.25, 0.3) is 0 Å². The van der Waals surface area contributed by atoms with Gasteiger partial charge in [0.25, 0.3) is 0 Å². The quantitative estimate of drug-likeness (QED) is 0.786. The van der Waals surface area contributed by atoms with Gasteiger partial charge in [0.05, 0.1) is 11.4 Å². The molecule has 2 aromatic carbocycles. The lowest BCUT2D eigenvalue weighted by Gasteiger charge is -2.36. The van der Waals surface area contributed by atoms with Gasteiger partial charge in [-0.1, -0.05) is 36.4 Å². The molecule has 122 valence electrons. The summed E-state index contributed by atoms with van der Waals surface area (Å²) < 4.78 is 0. The number of nitrogens with zero attached hydrogens (tertiary/aromatic N) is 3. The van der Waals surface area contributed by atoms with Crippen LogP contribution in [-0.4, -0.2) is 49.1 Å². The minimum atomic E-state index is 0. The number of hydrogen-bond acceptors (Lipinski definition) is 2. The number of likely N-dealkylation sites (N-methyl/N-ethyl adjacent to an activating group) is 1. The van der Waals surface area contributed by atoms with Crippen molar-refractivity contribution in [3.05, 3.63) is 60.7 Å². The van der Waals surface area contributed by atoms with Gasteiger partial charge in [0.1, 0.15) is 0 Å². The van der Waals surface area contributed by atoms with E-state index in [0.29, 0.717) is 0 Å². The Morgan fingerprint density at radius 2 is 1.26 bits per heavy atom. The van der Waals surface area contributed by atoms with E-state index < -0.39 is 0 Å². The zero-order chi connectivity index (χ0) is 15.4. The summed E-state index contributed by atoms with van der Waals surface area (Å²) in [5.74, 6) is 0. The molecule has 1 aliphatic heterocycles. The average molecular weight is 331 g/mol. The molecule has 0 unspecified atom stereocenters. The summed E-state index contributed by atoms with van der Waals surface area (Å²) in [7, 11) is 2.09. The minimum Gasteiger partial charge on any atom is -1.00 e. The molecule has 2 amide bonds. The number of halogens is 1. The molecule has 4 nitrogen and oxygen atoms in total. The van der Waals surface area contributed by atoms with Crippen LogP contribution in [0, 0.1) is 0 Å². The molecule has 0 N–H and O–H groups in total. The summed E-state index contributed by atoms with van der Waals surface area (Å²) in [5, 5.41) is 0. The van der Waals surface area contributed by atoms with Crippen LogP contribution in [0.1, 0.15) is 0 Å². The van der Waals surface area contributed by atoms with Crippen molar-refractivity contribution in [1.82, 2.24) is 9.80 Å². The first-order valence-electron chi connectivity index (χ1n) is 7.63. The SMILES string of the molecule is CN1CCN(C(=O)N(c2ccccc2)c2ccccc2)CC1.[Cl-]. The second-order valence-corrected chi connectivity index (χ2v) is 5.58. The average Bonchev–Trinajstić information content (AvgIpc) is 2.57. The number of rotatable bonds is 2. The van der Waals surface area contributed by atoms with Crippen LogP contribution in [0.2, 0.25) is 0 Å². The lowest BCUT2D eigenvalue weighted by molar-refractivity contribution is -0.00000794. The van der Waals surface area contributed by atoms with Crippen molar-refractivity contribution in [3.63, 3.8) is 0 Å². The van der Waals surface area contributed by atoms with Gasteiger partial charge >= 0.3 is 6.03 Å². The molecule has 0 spiro atoms. The highest BCUT2D eigenvalue weighted by Crippen LogP contribution is 2.26. The summed E-state index contributed by atoms with van der Waals surface area (Å²) in [6.07, 6.45) is 0. The molecule has 0 bridgehead atoms. The highest BCUT2D eigenvalue weighted by atomic mass is 35.5. The number of benzene rings is 2. The molecule has 1 fully saturated rings. The predicted octanol–water partition coefficient (Wildman–Crippen LogP) is 0.196. The third-order valence-electron chi connectivity index (χ3n) is 3.99. The van der Waals surface area contributed by atoms with E-state index in [4.69, 9.17) is 0 Å². The number of piperazine rings is 1. The fourth-order valence-electron chi connectivity index (χ4n) is 2.66. The second-order valence-electron chi connectivity index (χ2n) is 5.58.